The maximum absolute atomic E-state index is 13.3. The fourth-order valence-corrected chi connectivity index (χ4v) is 3.48. The molecule has 1 aromatic carbocycles. The number of unbranched alkanes of at least 4 members (excludes halogenated alkanes) is 1. The molecule has 0 spiro atoms. The minimum Gasteiger partial charge on any atom is -0.494 e. The maximum Gasteiger partial charge on any atom is 0.254 e. The number of hydrogen-bond acceptors (Lipinski definition) is 5. The van der Waals surface area contributed by atoms with E-state index in [0.717, 1.165) is 24.3 Å². The van der Waals surface area contributed by atoms with E-state index in [0.29, 0.717) is 51.4 Å². The monoisotopic (exact) mass is 473 g/mol. The first-order chi connectivity index (χ1) is 16.5. The van der Waals surface area contributed by atoms with Crippen molar-refractivity contribution in [3.05, 3.63) is 53.9 Å². The summed E-state index contributed by atoms with van der Waals surface area (Å²) in [4.78, 5) is 29.9. The summed E-state index contributed by atoms with van der Waals surface area (Å²) < 4.78 is 18.1. The number of ether oxygens (including phenoxy) is 3. The van der Waals surface area contributed by atoms with Gasteiger partial charge in [-0.25, -0.2) is 0 Å². The van der Waals surface area contributed by atoms with Crippen LogP contribution in [0.5, 0.6) is 5.75 Å². The molecule has 0 radical (unpaired) electrons. The van der Waals surface area contributed by atoms with Crippen molar-refractivity contribution in [2.24, 2.45) is 7.05 Å². The number of hydrogen-bond donors (Lipinski definition) is 0. The van der Waals surface area contributed by atoms with Gasteiger partial charge in [0, 0.05) is 58.4 Å². The molecule has 0 aliphatic heterocycles. The average Bonchev–Trinajstić information content (AvgIpc) is 3.25. The second kappa shape index (κ2) is 15.1. The molecule has 0 N–H and O–H groups in total. The van der Waals surface area contributed by atoms with Crippen molar-refractivity contribution in [2.45, 2.75) is 32.7 Å². The van der Waals surface area contributed by atoms with Gasteiger partial charge in [-0.05, 0) is 49.2 Å². The Labute approximate surface area is 203 Å². The first kappa shape index (κ1) is 27.4. The standard InChI is InChI=1S/C26H39N3O5/c1-5-6-18-34-24-12-10-22(11-13-24)26(31)29(15-8-17-32-3)21-25(30)28(16-19-33-4)20-23-9-7-14-27(23)2/h7,9-14H,5-6,8,15-21H2,1-4H3. The minimum atomic E-state index is -0.185. The third-order valence-corrected chi connectivity index (χ3v) is 5.58. The van der Waals surface area contributed by atoms with E-state index in [4.69, 9.17) is 14.2 Å². The lowest BCUT2D eigenvalue weighted by molar-refractivity contribution is -0.133. The Kier molecular flexibility index (Phi) is 12.2. The van der Waals surface area contributed by atoms with E-state index in [1.165, 1.54) is 0 Å². The highest BCUT2D eigenvalue weighted by Crippen LogP contribution is 2.15. The lowest BCUT2D eigenvalue weighted by Gasteiger charge is -2.28. The molecular formula is C26H39N3O5. The van der Waals surface area contributed by atoms with Crippen molar-refractivity contribution in [2.75, 3.05) is 53.7 Å². The van der Waals surface area contributed by atoms with Crippen LogP contribution in [0.2, 0.25) is 0 Å². The SMILES string of the molecule is CCCCOc1ccc(C(=O)N(CCCOC)CC(=O)N(CCOC)Cc2cccn2C)cc1. The quantitative estimate of drug-likeness (QED) is 0.350. The molecular weight excluding hydrogens is 434 g/mol. The van der Waals surface area contributed by atoms with Gasteiger partial charge in [-0.1, -0.05) is 13.3 Å². The topological polar surface area (TPSA) is 73.2 Å². The molecule has 2 rings (SSSR count). The Bertz CT molecular complexity index is 866. The van der Waals surface area contributed by atoms with Crippen LogP contribution >= 0.6 is 0 Å². The summed E-state index contributed by atoms with van der Waals surface area (Å²) in [6, 6.07) is 11.0. The Morgan fingerprint density at radius 3 is 2.26 bits per heavy atom. The van der Waals surface area contributed by atoms with E-state index in [9.17, 15) is 9.59 Å². The number of aromatic nitrogens is 1. The predicted molar refractivity (Wildman–Crippen MR) is 132 cm³/mol. The maximum atomic E-state index is 13.3. The molecule has 0 unspecified atom stereocenters. The number of carbonyl (C=O) groups excluding carboxylic acids is 2. The highest BCUT2D eigenvalue weighted by atomic mass is 16.5. The van der Waals surface area contributed by atoms with Gasteiger partial charge in [0.1, 0.15) is 12.3 Å². The van der Waals surface area contributed by atoms with Gasteiger partial charge in [0.25, 0.3) is 5.91 Å². The van der Waals surface area contributed by atoms with E-state index in [1.54, 1.807) is 48.3 Å². The van der Waals surface area contributed by atoms with Crippen LogP contribution in [0.25, 0.3) is 0 Å². The molecule has 0 fully saturated rings. The van der Waals surface area contributed by atoms with Crippen LogP contribution in [-0.2, 0) is 27.9 Å². The van der Waals surface area contributed by atoms with Gasteiger partial charge in [-0.3, -0.25) is 9.59 Å². The smallest absolute Gasteiger partial charge is 0.254 e. The normalized spacial score (nSPS) is 10.8. The first-order valence-corrected chi connectivity index (χ1v) is 11.9. The van der Waals surface area contributed by atoms with Crippen molar-refractivity contribution >= 4 is 11.8 Å². The average molecular weight is 474 g/mol. The Hall–Kier alpha value is -2.84. The van der Waals surface area contributed by atoms with Crippen LogP contribution in [-0.4, -0.2) is 79.9 Å². The highest BCUT2D eigenvalue weighted by Gasteiger charge is 2.23. The molecule has 2 amide bonds. The lowest BCUT2D eigenvalue weighted by atomic mass is 10.1. The minimum absolute atomic E-state index is 0.00850. The number of rotatable bonds is 16. The summed E-state index contributed by atoms with van der Waals surface area (Å²) in [6.45, 7) is 5.02. The first-order valence-electron chi connectivity index (χ1n) is 11.9. The van der Waals surface area contributed by atoms with E-state index in [2.05, 4.69) is 6.92 Å². The molecule has 0 bridgehead atoms. The molecule has 0 aliphatic carbocycles. The Morgan fingerprint density at radius 1 is 0.912 bits per heavy atom. The van der Waals surface area contributed by atoms with Crippen molar-refractivity contribution in [3.8, 4) is 5.75 Å². The number of amides is 2. The number of carbonyl (C=O) groups is 2. The number of aryl methyl sites for hydroxylation is 1. The summed E-state index contributed by atoms with van der Waals surface area (Å²) in [5.74, 6) is 0.430. The molecule has 0 saturated carbocycles. The molecule has 1 aromatic heterocycles. The van der Waals surface area contributed by atoms with Crippen molar-refractivity contribution < 1.29 is 23.8 Å². The fraction of sp³-hybridized carbons (Fsp3) is 0.538. The summed E-state index contributed by atoms with van der Waals surface area (Å²) in [5, 5.41) is 0. The molecule has 0 aliphatic rings. The lowest BCUT2D eigenvalue weighted by Crippen LogP contribution is -2.44. The van der Waals surface area contributed by atoms with Crippen LogP contribution in [0.4, 0.5) is 0 Å². The summed E-state index contributed by atoms with van der Waals surface area (Å²) in [6.07, 6.45) is 4.64. The number of benzene rings is 1. The van der Waals surface area contributed by atoms with E-state index in [1.807, 2.05) is 29.9 Å². The van der Waals surface area contributed by atoms with Crippen LogP contribution in [0.1, 0.15) is 42.2 Å². The van der Waals surface area contributed by atoms with Crippen molar-refractivity contribution in [1.82, 2.24) is 14.4 Å². The van der Waals surface area contributed by atoms with E-state index in [-0.39, 0.29) is 18.4 Å². The molecule has 188 valence electrons. The highest BCUT2D eigenvalue weighted by molar-refractivity contribution is 5.96. The van der Waals surface area contributed by atoms with E-state index >= 15 is 0 Å². The molecule has 8 heteroatoms. The number of nitrogens with zero attached hydrogens (tertiary/aromatic N) is 3. The van der Waals surface area contributed by atoms with Gasteiger partial charge in [0.05, 0.1) is 19.8 Å². The van der Waals surface area contributed by atoms with Gasteiger partial charge in [-0.15, -0.1) is 0 Å². The molecule has 0 saturated heterocycles. The van der Waals surface area contributed by atoms with Gasteiger partial charge >= 0.3 is 0 Å². The van der Waals surface area contributed by atoms with Crippen molar-refractivity contribution in [3.63, 3.8) is 0 Å². The molecule has 0 atom stereocenters. The summed E-state index contributed by atoms with van der Waals surface area (Å²) in [5.41, 5.74) is 1.54. The van der Waals surface area contributed by atoms with Crippen molar-refractivity contribution in [1.29, 1.82) is 0 Å². The van der Waals surface area contributed by atoms with Crippen LogP contribution in [0.3, 0.4) is 0 Å². The largest absolute Gasteiger partial charge is 0.494 e. The summed E-state index contributed by atoms with van der Waals surface area (Å²) >= 11 is 0. The second-order valence-electron chi connectivity index (χ2n) is 8.22. The van der Waals surface area contributed by atoms with Gasteiger partial charge in [0.15, 0.2) is 0 Å². The van der Waals surface area contributed by atoms with Gasteiger partial charge in [-0.2, -0.15) is 0 Å². The fourth-order valence-electron chi connectivity index (χ4n) is 3.48. The van der Waals surface area contributed by atoms with Gasteiger partial charge < -0.3 is 28.6 Å². The third kappa shape index (κ3) is 8.83. The zero-order valence-corrected chi connectivity index (χ0v) is 21.0. The van der Waals surface area contributed by atoms with Gasteiger partial charge in [0.2, 0.25) is 5.91 Å². The predicted octanol–water partition coefficient (Wildman–Crippen LogP) is 3.36. The van der Waals surface area contributed by atoms with Crippen LogP contribution in [0.15, 0.2) is 42.6 Å². The second-order valence-corrected chi connectivity index (χ2v) is 8.22. The Balaban J connectivity index is 2.11. The third-order valence-electron chi connectivity index (χ3n) is 5.58. The van der Waals surface area contributed by atoms with Crippen LogP contribution < -0.4 is 4.74 Å². The molecule has 8 nitrogen and oxygen atoms in total. The molecule has 34 heavy (non-hydrogen) atoms. The summed E-state index contributed by atoms with van der Waals surface area (Å²) in [7, 11) is 5.19. The van der Waals surface area contributed by atoms with Crippen LogP contribution in [0, 0.1) is 0 Å². The Morgan fingerprint density at radius 2 is 1.65 bits per heavy atom. The zero-order chi connectivity index (χ0) is 24.8. The number of methoxy groups -OCH3 is 2. The van der Waals surface area contributed by atoms with E-state index < -0.39 is 0 Å². The molecule has 1 heterocycles. The molecule has 2 aromatic rings. The zero-order valence-electron chi connectivity index (χ0n) is 21.0.